The van der Waals surface area contributed by atoms with Gasteiger partial charge in [0, 0.05) is 15.6 Å². The first-order chi connectivity index (χ1) is 15.3. The number of nitrogens with zero attached hydrogens (tertiary/aromatic N) is 2. The third-order valence-electron chi connectivity index (χ3n) is 4.69. The molecule has 11 heteroatoms. The lowest BCUT2D eigenvalue weighted by molar-refractivity contribution is -0.119. The minimum absolute atomic E-state index is 0.137. The molecule has 3 N–H and O–H groups in total. The van der Waals surface area contributed by atoms with E-state index < -0.39 is 18.0 Å². The number of carbonyl (C=O) groups excluding carboxylic acids is 2. The smallest absolute Gasteiger partial charge is 0.319 e. The fraction of sp³-hybridized carbons (Fsp3) is 0.238. The number of aromatic nitrogens is 2. The van der Waals surface area contributed by atoms with Crippen molar-refractivity contribution < 1.29 is 9.59 Å². The van der Waals surface area contributed by atoms with E-state index in [1.54, 1.807) is 24.3 Å². The van der Waals surface area contributed by atoms with Crippen LogP contribution in [0, 0.1) is 5.92 Å². The molecule has 0 radical (unpaired) electrons. The highest BCUT2D eigenvalue weighted by Gasteiger charge is 2.27. The molecule has 2 atom stereocenters. The van der Waals surface area contributed by atoms with Crippen LogP contribution in [-0.2, 0) is 4.79 Å². The van der Waals surface area contributed by atoms with Gasteiger partial charge in [0.1, 0.15) is 11.0 Å². The monoisotopic (exact) mass is 511 g/mol. The molecule has 0 bridgehead atoms. The highest BCUT2D eigenvalue weighted by atomic mass is 35.5. The number of urea groups is 1. The largest absolute Gasteiger partial charge is 0.326 e. The standard InChI is InChI=1S/C21H20Cl3N5O2S/c1-3-11(2)17(26-20(31)25-16-8-7-14(23)10-15(16)24)18(30)27-21-29-28-19(32-21)12-5-4-6-13(22)9-12/h4-11,17H,3H2,1-2H3,(H2,25,26,31)(H,27,29,30)/t11-,17+/m0/s1. The van der Waals surface area contributed by atoms with Crippen LogP contribution in [0.3, 0.4) is 0 Å². The zero-order valence-electron chi connectivity index (χ0n) is 17.2. The third-order valence-corrected chi connectivity index (χ3v) is 6.36. The maximum absolute atomic E-state index is 12.9. The fourth-order valence-electron chi connectivity index (χ4n) is 2.79. The van der Waals surface area contributed by atoms with E-state index in [9.17, 15) is 9.59 Å². The van der Waals surface area contributed by atoms with Gasteiger partial charge in [-0.25, -0.2) is 4.79 Å². The number of carbonyl (C=O) groups is 2. The Labute approximate surface area is 204 Å². The molecule has 1 aromatic heterocycles. The number of anilines is 2. The van der Waals surface area contributed by atoms with Gasteiger partial charge in [0.2, 0.25) is 11.0 Å². The van der Waals surface area contributed by atoms with Crippen LogP contribution >= 0.6 is 46.1 Å². The Morgan fingerprint density at radius 2 is 1.78 bits per heavy atom. The second-order valence-corrected chi connectivity index (χ2v) is 9.26. The van der Waals surface area contributed by atoms with E-state index in [-0.39, 0.29) is 5.92 Å². The molecule has 0 fully saturated rings. The maximum atomic E-state index is 12.9. The normalized spacial score (nSPS) is 12.7. The quantitative estimate of drug-likeness (QED) is 0.344. The predicted octanol–water partition coefficient (Wildman–Crippen LogP) is 6.34. The SMILES string of the molecule is CC[C@H](C)[C@@H](NC(=O)Nc1ccc(Cl)cc1Cl)C(=O)Nc1nnc(-c2cccc(Cl)c2)s1. The molecule has 3 rings (SSSR count). The zero-order valence-corrected chi connectivity index (χ0v) is 20.2. The molecule has 0 unspecified atom stereocenters. The number of rotatable bonds is 7. The molecule has 2 aromatic carbocycles. The Kier molecular flexibility index (Phi) is 8.31. The van der Waals surface area contributed by atoms with Crippen LogP contribution in [0.5, 0.6) is 0 Å². The Bertz CT molecular complexity index is 1120. The Morgan fingerprint density at radius 1 is 1.03 bits per heavy atom. The van der Waals surface area contributed by atoms with Crippen molar-refractivity contribution >= 4 is 68.9 Å². The molecule has 0 saturated heterocycles. The van der Waals surface area contributed by atoms with Crippen LogP contribution in [0.1, 0.15) is 20.3 Å². The summed E-state index contributed by atoms with van der Waals surface area (Å²) < 4.78 is 0. The molecule has 0 spiro atoms. The molecule has 168 valence electrons. The highest BCUT2D eigenvalue weighted by molar-refractivity contribution is 7.18. The predicted molar refractivity (Wildman–Crippen MR) is 131 cm³/mol. The molecule has 3 aromatic rings. The summed E-state index contributed by atoms with van der Waals surface area (Å²) in [4.78, 5) is 25.5. The summed E-state index contributed by atoms with van der Waals surface area (Å²) in [6.45, 7) is 3.81. The van der Waals surface area contributed by atoms with Crippen molar-refractivity contribution in [3.8, 4) is 10.6 Å². The van der Waals surface area contributed by atoms with E-state index in [4.69, 9.17) is 34.8 Å². The maximum Gasteiger partial charge on any atom is 0.319 e. The molecule has 32 heavy (non-hydrogen) atoms. The van der Waals surface area contributed by atoms with Gasteiger partial charge in [-0.15, -0.1) is 10.2 Å². The molecule has 0 aliphatic carbocycles. The number of nitrogens with one attached hydrogen (secondary N) is 3. The molecule has 0 aliphatic rings. The second-order valence-electron chi connectivity index (χ2n) is 7.00. The Hall–Kier alpha value is -2.39. The van der Waals surface area contributed by atoms with E-state index >= 15 is 0 Å². The molecular formula is C21H20Cl3N5O2S. The Morgan fingerprint density at radius 3 is 2.47 bits per heavy atom. The molecule has 1 heterocycles. The first-order valence-corrected chi connectivity index (χ1v) is 11.6. The van der Waals surface area contributed by atoms with Crippen LogP contribution < -0.4 is 16.0 Å². The zero-order chi connectivity index (χ0) is 23.3. The van der Waals surface area contributed by atoms with Gasteiger partial charge in [0.15, 0.2) is 0 Å². The summed E-state index contributed by atoms with van der Waals surface area (Å²) in [5.41, 5.74) is 1.18. The van der Waals surface area contributed by atoms with Crippen LogP contribution in [0.25, 0.3) is 10.6 Å². The molecule has 0 aliphatic heterocycles. The summed E-state index contributed by atoms with van der Waals surface area (Å²) >= 11 is 19.2. The first kappa shape index (κ1) is 24.3. The molecule has 3 amide bonds. The summed E-state index contributed by atoms with van der Waals surface area (Å²) in [6, 6.07) is 10.5. The molecule has 0 saturated carbocycles. The summed E-state index contributed by atoms with van der Waals surface area (Å²) in [7, 11) is 0. The van der Waals surface area contributed by atoms with Crippen molar-refractivity contribution in [3.05, 3.63) is 57.5 Å². The van der Waals surface area contributed by atoms with E-state index in [1.165, 1.54) is 17.4 Å². The lowest BCUT2D eigenvalue weighted by Gasteiger charge is -2.23. The van der Waals surface area contributed by atoms with Gasteiger partial charge in [0.25, 0.3) is 0 Å². The minimum atomic E-state index is -0.801. The molecular weight excluding hydrogens is 493 g/mol. The number of benzene rings is 2. The van der Waals surface area contributed by atoms with Crippen molar-refractivity contribution in [2.24, 2.45) is 5.92 Å². The van der Waals surface area contributed by atoms with Gasteiger partial charge < -0.3 is 10.6 Å². The highest BCUT2D eigenvalue weighted by Crippen LogP contribution is 2.28. The average molecular weight is 513 g/mol. The van der Waals surface area contributed by atoms with Crippen LogP contribution in [0.2, 0.25) is 15.1 Å². The minimum Gasteiger partial charge on any atom is -0.326 e. The lowest BCUT2D eigenvalue weighted by Crippen LogP contribution is -2.49. The number of amides is 3. The Balaban J connectivity index is 1.69. The number of hydrogen-bond acceptors (Lipinski definition) is 5. The van der Waals surface area contributed by atoms with E-state index in [1.807, 2.05) is 26.0 Å². The topological polar surface area (TPSA) is 96.0 Å². The summed E-state index contributed by atoms with van der Waals surface area (Å²) in [6.07, 6.45) is 0.671. The first-order valence-electron chi connectivity index (χ1n) is 9.69. The van der Waals surface area contributed by atoms with E-state index in [2.05, 4.69) is 26.1 Å². The van der Waals surface area contributed by atoms with Crippen LogP contribution in [0.4, 0.5) is 15.6 Å². The summed E-state index contributed by atoms with van der Waals surface area (Å²) in [5, 5.41) is 18.5. The van der Waals surface area contributed by atoms with Crippen LogP contribution in [-0.4, -0.2) is 28.2 Å². The van der Waals surface area contributed by atoms with Gasteiger partial charge in [-0.2, -0.15) is 0 Å². The van der Waals surface area contributed by atoms with Gasteiger partial charge in [-0.3, -0.25) is 10.1 Å². The van der Waals surface area contributed by atoms with Gasteiger partial charge in [-0.05, 0) is 36.2 Å². The molecule has 7 nitrogen and oxygen atoms in total. The van der Waals surface area contributed by atoms with Crippen LogP contribution in [0.15, 0.2) is 42.5 Å². The average Bonchev–Trinajstić information content (AvgIpc) is 3.22. The van der Waals surface area contributed by atoms with E-state index in [0.717, 1.165) is 5.56 Å². The lowest BCUT2D eigenvalue weighted by atomic mass is 9.98. The van der Waals surface area contributed by atoms with Gasteiger partial charge >= 0.3 is 6.03 Å². The van der Waals surface area contributed by atoms with Crippen molar-refractivity contribution in [2.75, 3.05) is 10.6 Å². The summed E-state index contributed by atoms with van der Waals surface area (Å²) in [5.74, 6) is -0.535. The second kappa shape index (κ2) is 11.0. The van der Waals surface area contributed by atoms with Gasteiger partial charge in [-0.1, -0.05) is 78.5 Å². The number of halogens is 3. The fourth-order valence-corrected chi connectivity index (χ4v) is 4.18. The van der Waals surface area contributed by atoms with Crippen molar-refractivity contribution in [2.45, 2.75) is 26.3 Å². The number of hydrogen-bond donors (Lipinski definition) is 3. The van der Waals surface area contributed by atoms with Crippen molar-refractivity contribution in [1.82, 2.24) is 15.5 Å². The van der Waals surface area contributed by atoms with Crippen molar-refractivity contribution in [3.63, 3.8) is 0 Å². The third kappa shape index (κ3) is 6.32. The van der Waals surface area contributed by atoms with Crippen molar-refractivity contribution in [1.29, 1.82) is 0 Å². The van der Waals surface area contributed by atoms with Gasteiger partial charge in [0.05, 0.1) is 10.7 Å². The van der Waals surface area contributed by atoms with E-state index in [0.29, 0.717) is 37.3 Å².